The molecule has 1 aliphatic heterocycles. The summed E-state index contributed by atoms with van der Waals surface area (Å²) >= 11 is 0. The molecule has 0 spiro atoms. The Morgan fingerprint density at radius 2 is 2.25 bits per heavy atom. The summed E-state index contributed by atoms with van der Waals surface area (Å²) in [7, 11) is 0. The second-order valence-corrected chi connectivity index (χ2v) is 3.34. The summed E-state index contributed by atoms with van der Waals surface area (Å²) in [6, 6.07) is 0. The molecular weight excluding hydrogens is 227 g/mol. The monoisotopic (exact) mass is 237 g/mol. The topological polar surface area (TPSA) is 49.8 Å². The summed E-state index contributed by atoms with van der Waals surface area (Å²) in [5.74, 6) is -0.0527. The van der Waals surface area contributed by atoms with Gasteiger partial charge in [-0.15, -0.1) is 6.42 Å². The minimum absolute atomic E-state index is 0.0365. The molecule has 1 unspecified atom stereocenters. The number of rotatable bonds is 1. The van der Waals surface area contributed by atoms with Crippen LogP contribution in [0.1, 0.15) is 0 Å². The van der Waals surface area contributed by atoms with Crippen LogP contribution in [-0.4, -0.2) is 54.0 Å². The average molecular weight is 237 g/mol. The Balaban J connectivity index is 3.00. The molecule has 0 aromatic rings. The van der Waals surface area contributed by atoms with E-state index in [0.717, 1.165) is 0 Å². The third-order valence-corrected chi connectivity index (χ3v) is 2.33. The lowest BCUT2D eigenvalue weighted by Gasteiger charge is -2.42. The Labute approximate surface area is 90.0 Å². The summed E-state index contributed by atoms with van der Waals surface area (Å²) in [5, 5.41) is 9.04. The molecule has 1 rings (SSSR count). The van der Waals surface area contributed by atoms with E-state index in [0.29, 0.717) is 4.90 Å². The first-order valence-electron chi connectivity index (χ1n) is 4.42. The van der Waals surface area contributed by atoms with Crippen LogP contribution in [0.3, 0.4) is 0 Å². The Hall–Kier alpha value is -1.26. The number of halogens is 3. The van der Waals surface area contributed by atoms with Gasteiger partial charge in [0, 0.05) is 6.54 Å². The number of morpholine rings is 1. The van der Waals surface area contributed by atoms with Gasteiger partial charge in [-0.25, -0.2) is 0 Å². The van der Waals surface area contributed by atoms with E-state index in [9.17, 15) is 18.0 Å². The van der Waals surface area contributed by atoms with Gasteiger partial charge in [0.1, 0.15) is 0 Å². The van der Waals surface area contributed by atoms with Crippen molar-refractivity contribution in [2.75, 3.05) is 26.4 Å². The second kappa shape index (κ2) is 4.31. The zero-order valence-corrected chi connectivity index (χ0v) is 8.25. The van der Waals surface area contributed by atoms with Gasteiger partial charge < -0.3 is 14.7 Å². The van der Waals surface area contributed by atoms with Gasteiger partial charge in [0.05, 0.1) is 19.8 Å². The lowest BCUT2D eigenvalue weighted by atomic mass is 9.99. The molecule has 1 saturated heterocycles. The summed E-state index contributed by atoms with van der Waals surface area (Å²) < 4.78 is 41.7. The molecule has 16 heavy (non-hydrogen) atoms. The quantitative estimate of drug-likeness (QED) is 0.641. The number of hydrogen-bond donors (Lipinski definition) is 1. The fraction of sp³-hybridized carbons (Fsp3) is 0.667. The van der Waals surface area contributed by atoms with Crippen molar-refractivity contribution in [3.8, 4) is 12.3 Å². The van der Waals surface area contributed by atoms with E-state index in [1.807, 2.05) is 5.92 Å². The Kier molecular flexibility index (Phi) is 3.45. The number of carbonyl (C=O) groups excluding carboxylic acids is 1. The minimum atomic E-state index is -5.01. The fourth-order valence-electron chi connectivity index (χ4n) is 1.43. The zero-order valence-electron chi connectivity index (χ0n) is 8.25. The summed E-state index contributed by atoms with van der Waals surface area (Å²) in [6.45, 7) is -1.40. The summed E-state index contributed by atoms with van der Waals surface area (Å²) in [6.07, 6.45) is 0.0636. The van der Waals surface area contributed by atoms with Crippen molar-refractivity contribution in [3.63, 3.8) is 0 Å². The van der Waals surface area contributed by atoms with Crippen molar-refractivity contribution >= 4 is 5.91 Å². The molecule has 1 N–H and O–H groups in total. The molecule has 1 amide bonds. The van der Waals surface area contributed by atoms with Crippen molar-refractivity contribution < 1.29 is 27.8 Å². The van der Waals surface area contributed by atoms with Crippen LogP contribution in [-0.2, 0) is 9.53 Å². The van der Waals surface area contributed by atoms with Gasteiger partial charge in [0.2, 0.25) is 0 Å². The lowest BCUT2D eigenvalue weighted by molar-refractivity contribution is -0.198. The molecule has 0 aromatic heterocycles. The molecule has 0 saturated carbocycles. The van der Waals surface area contributed by atoms with E-state index < -0.39 is 24.2 Å². The normalized spacial score (nSPS) is 26.3. The molecule has 0 bridgehead atoms. The largest absolute Gasteiger partial charge is 0.471 e. The second-order valence-electron chi connectivity index (χ2n) is 3.34. The molecule has 7 heteroatoms. The minimum Gasteiger partial charge on any atom is -0.393 e. The first-order valence-corrected chi connectivity index (χ1v) is 4.42. The number of hydrogen-bond acceptors (Lipinski definition) is 3. The van der Waals surface area contributed by atoms with Gasteiger partial charge in [0.15, 0.2) is 5.54 Å². The lowest BCUT2D eigenvalue weighted by Crippen LogP contribution is -2.63. The van der Waals surface area contributed by atoms with Crippen LogP contribution < -0.4 is 0 Å². The maximum Gasteiger partial charge on any atom is 0.471 e. The van der Waals surface area contributed by atoms with Gasteiger partial charge in [-0.1, -0.05) is 5.92 Å². The highest BCUT2D eigenvalue weighted by Gasteiger charge is 2.50. The fourth-order valence-corrected chi connectivity index (χ4v) is 1.43. The number of terminal acetylenes is 1. The third-order valence-electron chi connectivity index (χ3n) is 2.33. The maximum absolute atomic E-state index is 12.3. The number of aliphatic hydroxyl groups is 1. The smallest absolute Gasteiger partial charge is 0.393 e. The predicted molar refractivity (Wildman–Crippen MR) is 47.2 cm³/mol. The van der Waals surface area contributed by atoms with Gasteiger partial charge in [-0.05, 0) is 0 Å². The van der Waals surface area contributed by atoms with Gasteiger partial charge >= 0.3 is 12.1 Å². The molecule has 0 aromatic carbocycles. The highest BCUT2D eigenvalue weighted by Crippen LogP contribution is 2.26. The van der Waals surface area contributed by atoms with Crippen LogP contribution >= 0.6 is 0 Å². The van der Waals surface area contributed by atoms with Crippen LogP contribution in [0.15, 0.2) is 0 Å². The molecular formula is C9H10F3NO3. The predicted octanol–water partition coefficient (Wildman–Crippen LogP) is -0.228. The highest BCUT2D eigenvalue weighted by atomic mass is 19.4. The molecule has 1 fully saturated rings. The number of alkyl halides is 3. The van der Waals surface area contributed by atoms with E-state index in [-0.39, 0.29) is 19.8 Å². The molecule has 1 aliphatic rings. The van der Waals surface area contributed by atoms with Gasteiger partial charge in [-0.3, -0.25) is 4.79 Å². The standard InChI is InChI=1S/C9H10F3NO3/c1-2-8(5-14)6-16-4-3-13(8)7(15)9(10,11)12/h1,14H,3-6H2. The van der Waals surface area contributed by atoms with E-state index in [1.54, 1.807) is 0 Å². The van der Waals surface area contributed by atoms with Crippen molar-refractivity contribution in [1.82, 2.24) is 4.90 Å². The van der Waals surface area contributed by atoms with Crippen LogP contribution in [0.5, 0.6) is 0 Å². The molecule has 1 atom stereocenters. The zero-order chi connectivity index (χ0) is 12.4. The summed E-state index contributed by atoms with van der Waals surface area (Å²) in [5.41, 5.74) is -1.72. The number of carbonyl (C=O) groups is 1. The van der Waals surface area contributed by atoms with Crippen molar-refractivity contribution in [1.29, 1.82) is 0 Å². The van der Waals surface area contributed by atoms with Crippen LogP contribution in [0, 0.1) is 12.3 Å². The Morgan fingerprint density at radius 1 is 1.62 bits per heavy atom. The molecule has 0 aliphatic carbocycles. The Bertz CT molecular complexity index is 323. The Morgan fingerprint density at radius 3 is 2.69 bits per heavy atom. The van der Waals surface area contributed by atoms with Crippen LogP contribution in [0.25, 0.3) is 0 Å². The SMILES string of the molecule is C#CC1(CO)COCCN1C(=O)C(F)(F)F. The highest BCUT2D eigenvalue weighted by molar-refractivity contribution is 5.83. The number of aliphatic hydroxyl groups excluding tert-OH is 1. The molecule has 1 heterocycles. The number of ether oxygens (including phenoxy) is 1. The molecule has 4 nitrogen and oxygen atoms in total. The van der Waals surface area contributed by atoms with Gasteiger partial charge in [0.25, 0.3) is 0 Å². The average Bonchev–Trinajstić information content (AvgIpc) is 2.26. The molecule has 0 radical (unpaired) electrons. The van der Waals surface area contributed by atoms with E-state index in [4.69, 9.17) is 16.3 Å². The third kappa shape index (κ3) is 2.13. The van der Waals surface area contributed by atoms with Gasteiger partial charge in [-0.2, -0.15) is 13.2 Å². The van der Waals surface area contributed by atoms with Crippen LogP contribution in [0.2, 0.25) is 0 Å². The maximum atomic E-state index is 12.3. The van der Waals surface area contributed by atoms with Crippen molar-refractivity contribution in [2.45, 2.75) is 11.7 Å². The first-order chi connectivity index (χ1) is 7.37. The first kappa shape index (κ1) is 12.8. The summed E-state index contributed by atoms with van der Waals surface area (Å²) in [4.78, 5) is 11.5. The number of nitrogens with zero attached hydrogens (tertiary/aromatic N) is 1. The molecule has 90 valence electrons. The van der Waals surface area contributed by atoms with E-state index >= 15 is 0 Å². The number of amides is 1. The van der Waals surface area contributed by atoms with Crippen molar-refractivity contribution in [2.24, 2.45) is 0 Å². The van der Waals surface area contributed by atoms with Crippen molar-refractivity contribution in [3.05, 3.63) is 0 Å². The van der Waals surface area contributed by atoms with E-state index in [2.05, 4.69) is 0 Å². The van der Waals surface area contributed by atoms with E-state index in [1.165, 1.54) is 0 Å². The van der Waals surface area contributed by atoms with Crippen LogP contribution in [0.4, 0.5) is 13.2 Å².